The fraction of sp³-hybridized carbons (Fsp3) is 0.407. The van der Waals surface area contributed by atoms with Crippen molar-refractivity contribution in [3.63, 3.8) is 0 Å². The van der Waals surface area contributed by atoms with Gasteiger partial charge in [-0.2, -0.15) is 18.2 Å². The molecule has 2 saturated carbocycles. The molecule has 0 amide bonds. The first-order valence-corrected chi connectivity index (χ1v) is 12.9. The van der Waals surface area contributed by atoms with E-state index < -0.39 is 30.4 Å². The molecule has 202 valence electrons. The lowest BCUT2D eigenvalue weighted by molar-refractivity contribution is -0.144. The van der Waals surface area contributed by atoms with Gasteiger partial charge in [-0.1, -0.05) is 12.1 Å². The number of rotatable bonds is 6. The monoisotopic (exact) mass is 539 g/mol. The molecule has 2 N–H and O–H groups in total. The maximum absolute atomic E-state index is 13.7. The van der Waals surface area contributed by atoms with Crippen molar-refractivity contribution in [2.24, 2.45) is 0 Å². The zero-order valence-corrected chi connectivity index (χ0v) is 20.9. The Kier molecular flexibility index (Phi) is 5.19. The maximum Gasteiger partial charge on any atom is 0.408 e. The van der Waals surface area contributed by atoms with E-state index in [1.165, 1.54) is 23.4 Å². The van der Waals surface area contributed by atoms with Gasteiger partial charge in [0.25, 0.3) is 5.56 Å². The van der Waals surface area contributed by atoms with Crippen molar-refractivity contribution < 1.29 is 17.6 Å². The van der Waals surface area contributed by atoms with Crippen LogP contribution in [0.2, 0.25) is 0 Å². The van der Waals surface area contributed by atoms with E-state index in [-0.39, 0.29) is 28.2 Å². The summed E-state index contributed by atoms with van der Waals surface area (Å²) in [5.74, 6) is 0.187. The van der Waals surface area contributed by atoms with Crippen molar-refractivity contribution in [3.8, 4) is 5.82 Å². The number of halogens is 4. The normalized spacial score (nSPS) is 18.8. The Morgan fingerprint density at radius 1 is 1.08 bits per heavy atom. The summed E-state index contributed by atoms with van der Waals surface area (Å²) >= 11 is 0. The zero-order chi connectivity index (χ0) is 27.0. The summed E-state index contributed by atoms with van der Waals surface area (Å²) in [7, 11) is 0. The van der Waals surface area contributed by atoms with Crippen LogP contribution in [0.1, 0.15) is 42.5 Å². The summed E-state index contributed by atoms with van der Waals surface area (Å²) < 4.78 is 56.0. The molecule has 2 aliphatic carbocycles. The van der Waals surface area contributed by atoms with Gasteiger partial charge in [-0.3, -0.25) is 9.18 Å². The second-order valence-corrected chi connectivity index (χ2v) is 10.9. The fourth-order valence-electron chi connectivity index (χ4n) is 5.67. The lowest BCUT2D eigenvalue weighted by Crippen LogP contribution is -2.33. The number of nitrogens with one attached hydrogen (secondary N) is 2. The summed E-state index contributed by atoms with van der Waals surface area (Å²) in [6, 6.07) is 10.8. The van der Waals surface area contributed by atoms with Gasteiger partial charge in [-0.15, -0.1) is 0 Å². The topological polar surface area (TPSA) is 89.7 Å². The lowest BCUT2D eigenvalue weighted by atomic mass is 9.88. The van der Waals surface area contributed by atoms with Crippen molar-refractivity contribution >= 4 is 22.7 Å². The van der Waals surface area contributed by atoms with E-state index in [0.29, 0.717) is 23.2 Å². The molecule has 1 spiro atoms. The highest BCUT2D eigenvalue weighted by molar-refractivity contribution is 5.77. The quantitative estimate of drug-likeness (QED) is 0.353. The van der Waals surface area contributed by atoms with Gasteiger partial charge in [-0.05, 0) is 61.1 Å². The van der Waals surface area contributed by atoms with Crippen LogP contribution in [-0.4, -0.2) is 43.7 Å². The molecule has 0 unspecified atom stereocenters. The molecule has 4 aromatic rings. The summed E-state index contributed by atoms with van der Waals surface area (Å²) in [6.45, 7) is -0.432. The van der Waals surface area contributed by atoms with Crippen LogP contribution in [0.15, 0.2) is 47.4 Å². The maximum atomic E-state index is 13.7. The first-order valence-electron chi connectivity index (χ1n) is 12.9. The van der Waals surface area contributed by atoms with Gasteiger partial charge < -0.3 is 10.6 Å². The summed E-state index contributed by atoms with van der Waals surface area (Å²) in [4.78, 5) is 26.3. The second kappa shape index (κ2) is 8.35. The first kappa shape index (κ1) is 24.3. The van der Waals surface area contributed by atoms with Crippen molar-refractivity contribution in [3.05, 3.63) is 69.8 Å². The lowest BCUT2D eigenvalue weighted by Gasteiger charge is -2.26. The molecule has 0 radical (unpaired) electrons. The fourth-order valence-corrected chi connectivity index (χ4v) is 5.67. The smallest absolute Gasteiger partial charge is 0.324 e. The van der Waals surface area contributed by atoms with Crippen molar-refractivity contribution in [1.29, 1.82) is 0 Å². The molecule has 7 rings (SSSR count). The number of nitrogens with zero attached hydrogens (tertiary/aromatic N) is 5. The molecular weight excluding hydrogens is 514 g/mol. The SMILES string of the molecule is O=c1c2cnc(Nc3ccc4c(c3)CNCC43CC3)nc2n(-c2cccc(C3(CF)CC3)n2)n1CC(F)(F)F. The molecule has 4 heterocycles. The van der Waals surface area contributed by atoms with Gasteiger partial charge in [0.1, 0.15) is 18.6 Å². The predicted molar refractivity (Wildman–Crippen MR) is 136 cm³/mol. The Morgan fingerprint density at radius 3 is 2.62 bits per heavy atom. The third-order valence-electron chi connectivity index (χ3n) is 8.17. The summed E-state index contributed by atoms with van der Waals surface area (Å²) in [6.07, 6.45) is 0.0876. The number of fused-ring (bicyclic) bond motifs is 3. The highest BCUT2D eigenvalue weighted by atomic mass is 19.4. The molecule has 1 aliphatic heterocycles. The molecular formula is C27H25F4N7O. The Labute approximate surface area is 220 Å². The number of alkyl halides is 4. The number of hydrogen-bond donors (Lipinski definition) is 2. The van der Waals surface area contributed by atoms with Crippen LogP contribution < -0.4 is 16.2 Å². The minimum atomic E-state index is -4.67. The van der Waals surface area contributed by atoms with Crippen LogP contribution in [0.3, 0.4) is 0 Å². The Bertz CT molecular complexity index is 1670. The molecule has 12 heteroatoms. The van der Waals surface area contributed by atoms with Crippen LogP contribution in [0.25, 0.3) is 16.9 Å². The molecule has 0 bridgehead atoms. The first-order chi connectivity index (χ1) is 18.7. The standard InChI is InChI=1S/C27H25F4N7O/c28-13-25(6-7-25)20-2-1-3-21(35-20)38-22-18(23(39)37(38)15-27(29,30)31)12-33-24(36-22)34-17-4-5-19-16(10-17)11-32-14-26(19)8-9-26/h1-5,10,12,32H,6-9,11,13-15H2,(H,33,34,36). The van der Waals surface area contributed by atoms with Gasteiger partial charge >= 0.3 is 6.18 Å². The van der Waals surface area contributed by atoms with E-state index in [1.807, 2.05) is 12.1 Å². The average molecular weight is 540 g/mol. The molecule has 3 aromatic heterocycles. The van der Waals surface area contributed by atoms with Crippen LogP contribution in [0.5, 0.6) is 0 Å². The Balaban J connectivity index is 1.32. The average Bonchev–Trinajstić information content (AvgIpc) is 3.84. The van der Waals surface area contributed by atoms with E-state index in [4.69, 9.17) is 0 Å². The van der Waals surface area contributed by atoms with Gasteiger partial charge in [0.15, 0.2) is 11.5 Å². The largest absolute Gasteiger partial charge is 0.408 e. The van der Waals surface area contributed by atoms with E-state index in [1.54, 1.807) is 12.1 Å². The molecule has 0 saturated heterocycles. The van der Waals surface area contributed by atoms with E-state index in [9.17, 15) is 22.4 Å². The van der Waals surface area contributed by atoms with Gasteiger partial charge in [0.2, 0.25) is 5.95 Å². The van der Waals surface area contributed by atoms with Gasteiger partial charge in [0, 0.05) is 35.8 Å². The molecule has 39 heavy (non-hydrogen) atoms. The number of hydrogen-bond acceptors (Lipinski definition) is 6. The summed E-state index contributed by atoms with van der Waals surface area (Å²) in [5, 5.41) is 6.53. The minimum absolute atomic E-state index is 0.0203. The highest BCUT2D eigenvalue weighted by Gasteiger charge is 2.47. The Morgan fingerprint density at radius 2 is 1.90 bits per heavy atom. The van der Waals surface area contributed by atoms with Crippen LogP contribution in [-0.2, 0) is 23.9 Å². The van der Waals surface area contributed by atoms with E-state index >= 15 is 0 Å². The highest BCUT2D eigenvalue weighted by Crippen LogP contribution is 2.51. The van der Waals surface area contributed by atoms with Crippen LogP contribution >= 0.6 is 0 Å². The predicted octanol–water partition coefficient (Wildman–Crippen LogP) is 4.42. The zero-order valence-electron chi connectivity index (χ0n) is 20.9. The Hall–Kier alpha value is -3.80. The van der Waals surface area contributed by atoms with Gasteiger partial charge in [0.05, 0.1) is 5.69 Å². The number of pyridine rings is 1. The molecule has 0 atom stereocenters. The van der Waals surface area contributed by atoms with Crippen molar-refractivity contribution in [2.45, 2.75) is 55.8 Å². The third kappa shape index (κ3) is 4.08. The third-order valence-corrected chi connectivity index (χ3v) is 8.17. The van der Waals surface area contributed by atoms with E-state index in [0.717, 1.165) is 36.3 Å². The molecule has 2 fully saturated rings. The molecule has 1 aromatic carbocycles. The van der Waals surface area contributed by atoms with E-state index in [2.05, 4.69) is 31.7 Å². The van der Waals surface area contributed by atoms with Crippen molar-refractivity contribution in [1.82, 2.24) is 29.6 Å². The van der Waals surface area contributed by atoms with Crippen LogP contribution in [0.4, 0.5) is 29.2 Å². The minimum Gasteiger partial charge on any atom is -0.324 e. The number of aromatic nitrogens is 5. The molecule has 8 nitrogen and oxygen atoms in total. The molecule has 3 aliphatic rings. The van der Waals surface area contributed by atoms with Crippen LogP contribution in [0, 0.1) is 0 Å². The second-order valence-electron chi connectivity index (χ2n) is 10.9. The number of anilines is 2. The van der Waals surface area contributed by atoms with Crippen molar-refractivity contribution in [2.75, 3.05) is 18.5 Å². The van der Waals surface area contributed by atoms with Gasteiger partial charge in [-0.25, -0.2) is 19.3 Å². The number of benzene rings is 1. The summed E-state index contributed by atoms with van der Waals surface area (Å²) in [5.41, 5.74) is 2.29.